The van der Waals surface area contributed by atoms with Crippen LogP contribution in [0.1, 0.15) is 16.7 Å². The Labute approximate surface area is 191 Å². The minimum absolute atomic E-state index is 0.0181. The number of halogens is 2. The van der Waals surface area contributed by atoms with Crippen LogP contribution < -0.4 is 10.9 Å². The minimum atomic E-state index is -0.717. The second kappa shape index (κ2) is 9.22. The molecule has 5 nitrogen and oxygen atoms in total. The molecule has 0 saturated heterocycles. The summed E-state index contributed by atoms with van der Waals surface area (Å²) in [5.74, 6) is -1.76. The van der Waals surface area contributed by atoms with Crippen molar-refractivity contribution in [2.24, 2.45) is 0 Å². The highest BCUT2D eigenvalue weighted by atomic mass is 32.2. The Bertz CT molecular complexity index is 1380. The monoisotopic (exact) mass is 471 g/mol. The second-order valence-corrected chi connectivity index (χ2v) is 9.10. The number of fused-ring (bicyclic) bond motifs is 1. The molecule has 0 aliphatic heterocycles. The number of carbonyl (C=O) groups is 1. The van der Waals surface area contributed by atoms with E-state index in [4.69, 9.17) is 0 Å². The van der Waals surface area contributed by atoms with E-state index in [1.54, 1.807) is 6.07 Å². The van der Waals surface area contributed by atoms with Crippen LogP contribution in [-0.4, -0.2) is 21.2 Å². The molecule has 0 unspecified atom stereocenters. The highest BCUT2D eigenvalue weighted by Gasteiger charge is 2.16. The Morgan fingerprint density at radius 2 is 1.94 bits per heavy atom. The van der Waals surface area contributed by atoms with Crippen molar-refractivity contribution in [1.29, 1.82) is 0 Å². The van der Waals surface area contributed by atoms with Gasteiger partial charge < -0.3 is 5.32 Å². The SMILES string of the molecule is Cc1ccc(-n2c(SCC(=O)NCc3ccc(F)cc3F)nc3ccsc3c2=O)cc1C. The van der Waals surface area contributed by atoms with Crippen LogP contribution in [0.15, 0.2) is 57.8 Å². The lowest BCUT2D eigenvalue weighted by molar-refractivity contribution is -0.118. The van der Waals surface area contributed by atoms with Crippen molar-refractivity contribution in [1.82, 2.24) is 14.9 Å². The smallest absolute Gasteiger partial charge is 0.276 e. The van der Waals surface area contributed by atoms with Crippen molar-refractivity contribution in [2.45, 2.75) is 25.5 Å². The summed E-state index contributed by atoms with van der Waals surface area (Å²) in [4.78, 5) is 30.1. The van der Waals surface area contributed by atoms with Gasteiger partial charge in [-0.25, -0.2) is 13.8 Å². The highest BCUT2D eigenvalue weighted by molar-refractivity contribution is 7.99. The van der Waals surface area contributed by atoms with Crippen LogP contribution in [0.5, 0.6) is 0 Å². The molecule has 1 N–H and O–H groups in total. The molecule has 1 amide bonds. The molecule has 2 aromatic heterocycles. The summed E-state index contributed by atoms with van der Waals surface area (Å²) in [6.45, 7) is 3.90. The molecule has 4 aromatic rings. The van der Waals surface area contributed by atoms with Gasteiger partial charge in [0.2, 0.25) is 5.91 Å². The van der Waals surface area contributed by atoms with E-state index >= 15 is 0 Å². The zero-order valence-electron chi connectivity index (χ0n) is 17.3. The van der Waals surface area contributed by atoms with Gasteiger partial charge in [0.05, 0.1) is 17.0 Å². The minimum Gasteiger partial charge on any atom is -0.351 e. The fourth-order valence-electron chi connectivity index (χ4n) is 3.12. The fourth-order valence-corrected chi connectivity index (χ4v) is 4.72. The van der Waals surface area contributed by atoms with Gasteiger partial charge in [-0.2, -0.15) is 0 Å². The summed E-state index contributed by atoms with van der Waals surface area (Å²) >= 11 is 2.45. The van der Waals surface area contributed by atoms with Crippen LogP contribution in [0.3, 0.4) is 0 Å². The summed E-state index contributed by atoms with van der Waals surface area (Å²) in [7, 11) is 0. The van der Waals surface area contributed by atoms with Gasteiger partial charge in [-0.1, -0.05) is 23.9 Å². The molecule has 2 aromatic carbocycles. The summed E-state index contributed by atoms with van der Waals surface area (Å²) in [6, 6.07) is 10.7. The second-order valence-electron chi connectivity index (χ2n) is 7.24. The van der Waals surface area contributed by atoms with E-state index in [1.807, 2.05) is 37.4 Å². The largest absolute Gasteiger partial charge is 0.351 e. The van der Waals surface area contributed by atoms with E-state index in [9.17, 15) is 18.4 Å². The number of aryl methyl sites for hydroxylation is 2. The van der Waals surface area contributed by atoms with Crippen molar-refractivity contribution >= 4 is 39.2 Å². The molecule has 0 fully saturated rings. The van der Waals surface area contributed by atoms with E-state index < -0.39 is 11.6 Å². The number of aromatic nitrogens is 2. The van der Waals surface area contributed by atoms with Crippen molar-refractivity contribution in [3.05, 3.63) is 86.5 Å². The normalized spacial score (nSPS) is 11.1. The lowest BCUT2D eigenvalue weighted by atomic mass is 10.1. The molecule has 0 atom stereocenters. The number of amides is 1. The molecule has 9 heteroatoms. The molecule has 0 bridgehead atoms. The lowest BCUT2D eigenvalue weighted by Crippen LogP contribution is -2.26. The number of thioether (sulfide) groups is 1. The molecule has 0 spiro atoms. The molecule has 0 radical (unpaired) electrons. The fraction of sp³-hybridized carbons (Fsp3) is 0.174. The Balaban J connectivity index is 1.57. The zero-order chi connectivity index (χ0) is 22.8. The van der Waals surface area contributed by atoms with Gasteiger partial charge in [0.25, 0.3) is 5.56 Å². The third-order valence-electron chi connectivity index (χ3n) is 5.02. The molecule has 32 heavy (non-hydrogen) atoms. The van der Waals surface area contributed by atoms with Gasteiger partial charge in [0.1, 0.15) is 16.3 Å². The summed E-state index contributed by atoms with van der Waals surface area (Å²) in [6.07, 6.45) is 0. The molecular weight excluding hydrogens is 452 g/mol. The van der Waals surface area contributed by atoms with Crippen molar-refractivity contribution in [3.8, 4) is 5.69 Å². The number of thiophene rings is 1. The quantitative estimate of drug-likeness (QED) is 0.326. The van der Waals surface area contributed by atoms with Crippen molar-refractivity contribution in [3.63, 3.8) is 0 Å². The maximum atomic E-state index is 13.8. The molecule has 164 valence electrons. The van der Waals surface area contributed by atoms with E-state index in [0.29, 0.717) is 21.1 Å². The summed E-state index contributed by atoms with van der Waals surface area (Å²) in [5, 5.41) is 4.82. The predicted octanol–water partition coefficient (Wildman–Crippen LogP) is 4.75. The number of rotatable bonds is 6. The number of benzene rings is 2. The first-order chi connectivity index (χ1) is 15.3. The zero-order valence-corrected chi connectivity index (χ0v) is 18.9. The van der Waals surface area contributed by atoms with Crippen LogP contribution in [0.2, 0.25) is 0 Å². The lowest BCUT2D eigenvalue weighted by Gasteiger charge is -2.13. The molecule has 0 saturated carbocycles. The van der Waals surface area contributed by atoms with E-state index in [0.717, 1.165) is 35.0 Å². The number of hydrogen-bond donors (Lipinski definition) is 1. The number of nitrogens with zero attached hydrogens (tertiary/aromatic N) is 2. The Morgan fingerprint density at radius 3 is 2.69 bits per heavy atom. The number of carbonyl (C=O) groups excluding carboxylic acids is 1. The van der Waals surface area contributed by atoms with Crippen LogP contribution in [0.25, 0.3) is 15.9 Å². The third-order valence-corrected chi connectivity index (χ3v) is 6.85. The molecule has 4 rings (SSSR count). The molecule has 2 heterocycles. The van der Waals surface area contributed by atoms with Gasteiger partial charge in [0, 0.05) is 18.2 Å². The Kier molecular flexibility index (Phi) is 6.38. The van der Waals surface area contributed by atoms with Gasteiger partial charge in [0.15, 0.2) is 5.16 Å². The van der Waals surface area contributed by atoms with Crippen LogP contribution >= 0.6 is 23.1 Å². The molecular formula is C23H19F2N3O2S2. The van der Waals surface area contributed by atoms with E-state index in [2.05, 4.69) is 10.3 Å². The first kappa shape index (κ1) is 22.2. The predicted molar refractivity (Wildman–Crippen MR) is 124 cm³/mol. The van der Waals surface area contributed by atoms with Crippen LogP contribution in [-0.2, 0) is 11.3 Å². The van der Waals surface area contributed by atoms with E-state index in [-0.39, 0.29) is 29.3 Å². The van der Waals surface area contributed by atoms with Gasteiger partial charge >= 0.3 is 0 Å². The maximum absolute atomic E-state index is 13.8. The highest BCUT2D eigenvalue weighted by Crippen LogP contribution is 2.24. The van der Waals surface area contributed by atoms with E-state index in [1.165, 1.54) is 22.0 Å². The van der Waals surface area contributed by atoms with Crippen LogP contribution in [0, 0.1) is 25.5 Å². The first-order valence-corrected chi connectivity index (χ1v) is 11.6. The first-order valence-electron chi connectivity index (χ1n) is 9.75. The van der Waals surface area contributed by atoms with Gasteiger partial charge in [-0.3, -0.25) is 14.2 Å². The van der Waals surface area contributed by atoms with Crippen molar-refractivity contribution < 1.29 is 13.6 Å². The Morgan fingerprint density at radius 1 is 1.12 bits per heavy atom. The van der Waals surface area contributed by atoms with Crippen molar-refractivity contribution in [2.75, 3.05) is 5.75 Å². The number of nitrogens with one attached hydrogen (secondary N) is 1. The Hall–Kier alpha value is -3.04. The average molecular weight is 472 g/mol. The topological polar surface area (TPSA) is 64.0 Å². The maximum Gasteiger partial charge on any atom is 0.276 e. The average Bonchev–Trinajstić information content (AvgIpc) is 3.23. The third kappa shape index (κ3) is 4.58. The van der Waals surface area contributed by atoms with Gasteiger partial charge in [-0.05, 0) is 54.6 Å². The summed E-state index contributed by atoms with van der Waals surface area (Å²) in [5.41, 5.74) is 3.40. The van der Waals surface area contributed by atoms with Crippen LogP contribution in [0.4, 0.5) is 8.78 Å². The molecule has 0 aliphatic carbocycles. The molecule has 0 aliphatic rings. The summed E-state index contributed by atoms with van der Waals surface area (Å²) < 4.78 is 28.9. The van der Waals surface area contributed by atoms with Gasteiger partial charge in [-0.15, -0.1) is 11.3 Å². The number of hydrogen-bond acceptors (Lipinski definition) is 5. The standard InChI is InChI=1S/C23H19F2N3O2S2/c1-13-3-6-17(9-14(13)2)28-22(30)21-19(7-8-31-21)27-23(28)32-12-20(29)26-11-15-4-5-16(24)10-18(15)25/h3-10H,11-12H2,1-2H3,(H,26,29).